The van der Waals surface area contributed by atoms with Gasteiger partial charge in [0.15, 0.2) is 0 Å². The molecule has 2 aromatic carbocycles. The fourth-order valence-electron chi connectivity index (χ4n) is 2.57. The van der Waals surface area contributed by atoms with Crippen LogP contribution in [0.3, 0.4) is 0 Å². The van der Waals surface area contributed by atoms with Gasteiger partial charge in [-0.3, -0.25) is 4.79 Å². The van der Waals surface area contributed by atoms with Gasteiger partial charge in [-0.1, -0.05) is 36.0 Å². The van der Waals surface area contributed by atoms with E-state index >= 15 is 0 Å². The largest absolute Gasteiger partial charge is 0.469 e. The molecule has 0 aliphatic heterocycles. The van der Waals surface area contributed by atoms with Crippen LogP contribution in [0.15, 0.2) is 81.0 Å². The summed E-state index contributed by atoms with van der Waals surface area (Å²) in [6, 6.07) is 18.4. The van der Waals surface area contributed by atoms with E-state index in [-0.39, 0.29) is 11.7 Å². The average Bonchev–Trinajstić information content (AvgIpc) is 3.36. The Labute approximate surface area is 171 Å². The Morgan fingerprint density at radius 2 is 1.90 bits per heavy atom. The third-order valence-electron chi connectivity index (χ3n) is 3.92. The van der Waals surface area contributed by atoms with Crippen LogP contribution in [-0.2, 0) is 4.79 Å². The molecule has 7 nitrogen and oxygen atoms in total. The van der Waals surface area contributed by atoms with Crippen molar-refractivity contribution in [3.05, 3.63) is 72.7 Å². The number of carbonyl (C=O) groups excluding carboxylic acids is 1. The topological polar surface area (TPSA) is 90.4 Å². The molecule has 0 aliphatic rings. The lowest BCUT2D eigenvalue weighted by atomic mass is 10.3. The van der Waals surface area contributed by atoms with Crippen molar-refractivity contribution in [2.45, 2.75) is 12.1 Å². The van der Waals surface area contributed by atoms with Crippen molar-refractivity contribution in [2.24, 2.45) is 0 Å². The molecule has 29 heavy (non-hydrogen) atoms. The van der Waals surface area contributed by atoms with Gasteiger partial charge in [0.05, 0.1) is 17.6 Å². The molecule has 0 radical (unpaired) electrons. The zero-order chi connectivity index (χ0) is 20.1. The number of hydrogen-bond donors (Lipinski definition) is 1. The summed E-state index contributed by atoms with van der Waals surface area (Å²) >= 11 is 1.16. The molecule has 0 saturated carbocycles. The Morgan fingerprint density at radius 3 is 2.69 bits per heavy atom. The van der Waals surface area contributed by atoms with Crippen LogP contribution in [0.25, 0.3) is 11.5 Å². The predicted molar refractivity (Wildman–Crippen MR) is 109 cm³/mol. The molecule has 0 unspecified atom stereocenters. The van der Waals surface area contributed by atoms with Crippen LogP contribution in [0.4, 0.5) is 5.69 Å². The number of para-hydroxylation sites is 1. The summed E-state index contributed by atoms with van der Waals surface area (Å²) in [5.41, 5.74) is 1.38. The molecule has 1 N–H and O–H groups in total. The number of aryl methyl sites for hydroxylation is 1. The van der Waals surface area contributed by atoms with Crippen LogP contribution in [-0.4, -0.2) is 21.9 Å². The lowest BCUT2D eigenvalue weighted by Crippen LogP contribution is -2.13. The minimum Gasteiger partial charge on any atom is -0.469 e. The normalized spacial score (nSPS) is 10.7. The van der Waals surface area contributed by atoms with Crippen LogP contribution in [0, 0.1) is 6.92 Å². The SMILES string of the molecule is Cc1occc1-c1nnc(SCC(=O)Nc2cccc(Oc3ccccc3)c2)o1. The van der Waals surface area contributed by atoms with E-state index in [0.717, 1.165) is 23.1 Å². The lowest BCUT2D eigenvalue weighted by molar-refractivity contribution is -0.113. The highest BCUT2D eigenvalue weighted by atomic mass is 32.2. The summed E-state index contributed by atoms with van der Waals surface area (Å²) in [4.78, 5) is 12.3. The number of ether oxygens (including phenoxy) is 1. The Bertz CT molecular complexity index is 1110. The first-order chi connectivity index (χ1) is 14.2. The van der Waals surface area contributed by atoms with Gasteiger partial charge in [-0.15, -0.1) is 10.2 Å². The van der Waals surface area contributed by atoms with E-state index < -0.39 is 0 Å². The number of amides is 1. The summed E-state index contributed by atoms with van der Waals surface area (Å²) in [5.74, 6) is 2.37. The van der Waals surface area contributed by atoms with Crippen molar-refractivity contribution in [2.75, 3.05) is 11.1 Å². The number of carbonyl (C=O) groups is 1. The van der Waals surface area contributed by atoms with E-state index in [1.807, 2.05) is 49.4 Å². The molecule has 146 valence electrons. The van der Waals surface area contributed by atoms with E-state index in [0.29, 0.717) is 28.3 Å². The highest BCUT2D eigenvalue weighted by Gasteiger charge is 2.14. The number of rotatable bonds is 7. The fraction of sp³-hybridized carbons (Fsp3) is 0.0952. The summed E-state index contributed by atoms with van der Waals surface area (Å²) in [7, 11) is 0. The van der Waals surface area contributed by atoms with Crippen molar-refractivity contribution >= 4 is 23.4 Å². The Kier molecular flexibility index (Phi) is 5.62. The van der Waals surface area contributed by atoms with Crippen LogP contribution in [0.5, 0.6) is 11.5 Å². The number of benzene rings is 2. The molecule has 0 bridgehead atoms. The second-order valence-electron chi connectivity index (χ2n) is 6.04. The zero-order valence-electron chi connectivity index (χ0n) is 15.5. The Balaban J connectivity index is 1.33. The van der Waals surface area contributed by atoms with Gasteiger partial charge in [0, 0.05) is 11.8 Å². The molecule has 2 heterocycles. The Morgan fingerprint density at radius 1 is 1.07 bits per heavy atom. The van der Waals surface area contributed by atoms with E-state index in [2.05, 4.69) is 15.5 Å². The van der Waals surface area contributed by atoms with Gasteiger partial charge in [-0.2, -0.15) is 0 Å². The van der Waals surface area contributed by atoms with Gasteiger partial charge in [-0.05, 0) is 37.3 Å². The van der Waals surface area contributed by atoms with E-state index in [9.17, 15) is 4.79 Å². The molecule has 0 atom stereocenters. The standard InChI is InChI=1S/C21H17N3O4S/c1-14-18(10-11-26-14)20-23-24-21(28-20)29-13-19(25)22-15-6-5-9-17(12-15)27-16-7-3-2-4-8-16/h2-12H,13H2,1H3,(H,22,25). The number of nitrogens with one attached hydrogen (secondary N) is 1. The van der Waals surface area contributed by atoms with Crippen molar-refractivity contribution in [1.29, 1.82) is 0 Å². The maximum absolute atomic E-state index is 12.3. The van der Waals surface area contributed by atoms with E-state index in [4.69, 9.17) is 13.6 Å². The summed E-state index contributed by atoms with van der Waals surface area (Å²) in [6.07, 6.45) is 1.56. The van der Waals surface area contributed by atoms with E-state index in [1.54, 1.807) is 24.5 Å². The van der Waals surface area contributed by atoms with Crippen LogP contribution < -0.4 is 10.1 Å². The molecule has 4 rings (SSSR count). The van der Waals surface area contributed by atoms with Gasteiger partial charge in [0.25, 0.3) is 11.1 Å². The lowest BCUT2D eigenvalue weighted by Gasteiger charge is -2.08. The molecule has 1 amide bonds. The van der Waals surface area contributed by atoms with Gasteiger partial charge in [0.2, 0.25) is 5.91 Å². The highest BCUT2D eigenvalue weighted by molar-refractivity contribution is 7.99. The maximum atomic E-state index is 12.3. The molecule has 0 saturated heterocycles. The van der Waals surface area contributed by atoms with Crippen molar-refractivity contribution < 1.29 is 18.4 Å². The van der Waals surface area contributed by atoms with Crippen LogP contribution >= 0.6 is 11.8 Å². The third-order valence-corrected chi connectivity index (χ3v) is 4.74. The molecule has 8 heteroatoms. The van der Waals surface area contributed by atoms with E-state index in [1.165, 1.54) is 0 Å². The summed E-state index contributed by atoms with van der Waals surface area (Å²) in [5, 5.41) is 11.1. The molecule has 0 spiro atoms. The fourth-order valence-corrected chi connectivity index (χ4v) is 3.13. The number of nitrogens with zero attached hydrogens (tertiary/aromatic N) is 2. The van der Waals surface area contributed by atoms with Gasteiger partial charge < -0.3 is 18.9 Å². The van der Waals surface area contributed by atoms with Crippen LogP contribution in [0.2, 0.25) is 0 Å². The summed E-state index contributed by atoms with van der Waals surface area (Å²) < 4.78 is 16.6. The van der Waals surface area contributed by atoms with Gasteiger partial charge in [-0.25, -0.2) is 0 Å². The molecular formula is C21H17N3O4S. The maximum Gasteiger partial charge on any atom is 0.277 e. The quantitative estimate of drug-likeness (QED) is 0.423. The average molecular weight is 407 g/mol. The second kappa shape index (κ2) is 8.66. The summed E-state index contributed by atoms with van der Waals surface area (Å²) in [6.45, 7) is 1.81. The van der Waals surface area contributed by atoms with Gasteiger partial charge >= 0.3 is 0 Å². The monoisotopic (exact) mass is 407 g/mol. The smallest absolute Gasteiger partial charge is 0.277 e. The van der Waals surface area contributed by atoms with Crippen LogP contribution in [0.1, 0.15) is 5.76 Å². The third kappa shape index (κ3) is 4.85. The zero-order valence-corrected chi connectivity index (χ0v) is 16.3. The number of aromatic nitrogens is 2. The molecule has 4 aromatic rings. The van der Waals surface area contributed by atoms with Crippen molar-refractivity contribution in [1.82, 2.24) is 10.2 Å². The number of furan rings is 1. The van der Waals surface area contributed by atoms with Crippen molar-refractivity contribution in [3.8, 4) is 23.0 Å². The van der Waals surface area contributed by atoms with Gasteiger partial charge in [0.1, 0.15) is 17.3 Å². The second-order valence-corrected chi connectivity index (χ2v) is 6.97. The predicted octanol–water partition coefficient (Wildman–Crippen LogP) is 5.16. The number of hydrogen-bond acceptors (Lipinski definition) is 7. The first kappa shape index (κ1) is 18.8. The molecule has 2 aromatic heterocycles. The minimum absolute atomic E-state index is 0.135. The Hall–Kier alpha value is -3.52. The minimum atomic E-state index is -0.189. The first-order valence-electron chi connectivity index (χ1n) is 8.81. The highest BCUT2D eigenvalue weighted by Crippen LogP contribution is 2.27. The molecule has 0 aliphatic carbocycles. The molecule has 0 fully saturated rings. The molecular weight excluding hydrogens is 390 g/mol. The first-order valence-corrected chi connectivity index (χ1v) is 9.79. The number of anilines is 1. The van der Waals surface area contributed by atoms with Crippen molar-refractivity contribution in [3.63, 3.8) is 0 Å². The number of thioether (sulfide) groups is 1.